The van der Waals surface area contributed by atoms with Gasteiger partial charge in [-0.25, -0.2) is 0 Å². The zero-order valence-corrected chi connectivity index (χ0v) is 11.3. The van der Waals surface area contributed by atoms with Crippen molar-refractivity contribution in [1.29, 1.82) is 0 Å². The summed E-state index contributed by atoms with van der Waals surface area (Å²) in [6.07, 6.45) is 0.725. The molecule has 2 rings (SSSR count). The molecule has 1 atom stereocenters. The van der Waals surface area contributed by atoms with Crippen molar-refractivity contribution in [3.05, 3.63) is 6.07 Å². The van der Waals surface area contributed by atoms with Gasteiger partial charge in [0.1, 0.15) is 11.6 Å². The highest BCUT2D eigenvalue weighted by atomic mass is 16.1. The number of hydrogen-bond donors (Lipinski definition) is 3. The van der Waals surface area contributed by atoms with Crippen LogP contribution in [-0.4, -0.2) is 35.5 Å². The van der Waals surface area contributed by atoms with Crippen LogP contribution < -0.4 is 21.7 Å². The van der Waals surface area contributed by atoms with Crippen LogP contribution in [0.4, 0.5) is 17.6 Å². The Bertz CT molecular complexity index is 491. The molecule has 1 aliphatic rings. The van der Waals surface area contributed by atoms with Gasteiger partial charge in [0.15, 0.2) is 0 Å². The maximum Gasteiger partial charge on any atom is 0.225 e. The molecule has 0 aromatic carbocycles. The van der Waals surface area contributed by atoms with E-state index in [0.717, 1.165) is 25.3 Å². The number of primary amides is 1. The first-order chi connectivity index (χ1) is 8.94. The molecule has 0 aliphatic carbocycles. The van der Waals surface area contributed by atoms with Gasteiger partial charge in [0.05, 0.1) is 5.41 Å². The van der Waals surface area contributed by atoms with Crippen LogP contribution in [0.25, 0.3) is 0 Å². The van der Waals surface area contributed by atoms with Gasteiger partial charge in [-0.05, 0) is 20.3 Å². The Morgan fingerprint density at radius 3 is 2.89 bits per heavy atom. The van der Waals surface area contributed by atoms with E-state index in [2.05, 4.69) is 15.3 Å². The van der Waals surface area contributed by atoms with Crippen molar-refractivity contribution in [2.75, 3.05) is 35.6 Å². The second-order valence-corrected chi connectivity index (χ2v) is 5.10. The maximum atomic E-state index is 11.5. The lowest BCUT2D eigenvalue weighted by atomic mass is 9.89. The summed E-state index contributed by atoms with van der Waals surface area (Å²) in [7, 11) is 0. The third-order valence-electron chi connectivity index (χ3n) is 3.48. The van der Waals surface area contributed by atoms with Crippen LogP contribution in [0.15, 0.2) is 6.07 Å². The number of rotatable bonds is 4. The monoisotopic (exact) mass is 264 g/mol. The minimum atomic E-state index is -0.502. The van der Waals surface area contributed by atoms with Gasteiger partial charge in [-0.15, -0.1) is 0 Å². The summed E-state index contributed by atoms with van der Waals surface area (Å²) >= 11 is 0. The number of nitrogen functional groups attached to an aromatic ring is 1. The molecule has 0 bridgehead atoms. The molecule has 2 heterocycles. The number of aromatic nitrogens is 2. The molecular weight excluding hydrogens is 244 g/mol. The number of amides is 1. The minimum Gasteiger partial charge on any atom is -0.370 e. The smallest absolute Gasteiger partial charge is 0.225 e. The van der Waals surface area contributed by atoms with Crippen LogP contribution in [0.5, 0.6) is 0 Å². The van der Waals surface area contributed by atoms with E-state index in [4.69, 9.17) is 11.5 Å². The molecule has 1 saturated heterocycles. The summed E-state index contributed by atoms with van der Waals surface area (Å²) in [5.74, 6) is 1.37. The normalized spacial score (nSPS) is 22.5. The van der Waals surface area contributed by atoms with Crippen molar-refractivity contribution in [1.82, 2.24) is 9.97 Å². The van der Waals surface area contributed by atoms with Crippen molar-refractivity contribution in [3.8, 4) is 0 Å². The Kier molecular flexibility index (Phi) is 3.46. The van der Waals surface area contributed by atoms with Gasteiger partial charge in [0.25, 0.3) is 0 Å². The van der Waals surface area contributed by atoms with Crippen molar-refractivity contribution < 1.29 is 4.79 Å². The molecule has 1 unspecified atom stereocenters. The lowest BCUT2D eigenvalue weighted by molar-refractivity contribution is -0.125. The molecular formula is C12H20N6O. The Labute approximate surface area is 112 Å². The number of hydrogen-bond acceptors (Lipinski definition) is 6. The first kappa shape index (κ1) is 13.4. The molecule has 1 aromatic rings. The summed E-state index contributed by atoms with van der Waals surface area (Å²) in [4.78, 5) is 21.8. The van der Waals surface area contributed by atoms with Crippen LogP contribution in [0, 0.1) is 5.41 Å². The van der Waals surface area contributed by atoms with Gasteiger partial charge in [-0.1, -0.05) is 0 Å². The lowest BCUT2D eigenvalue weighted by Crippen LogP contribution is -2.37. The molecule has 104 valence electrons. The largest absolute Gasteiger partial charge is 0.370 e. The van der Waals surface area contributed by atoms with Crippen molar-refractivity contribution in [2.45, 2.75) is 20.3 Å². The second kappa shape index (κ2) is 4.91. The topological polar surface area (TPSA) is 110 Å². The van der Waals surface area contributed by atoms with Crippen LogP contribution in [-0.2, 0) is 4.79 Å². The Morgan fingerprint density at radius 2 is 2.32 bits per heavy atom. The highest BCUT2D eigenvalue weighted by Crippen LogP contribution is 2.32. The van der Waals surface area contributed by atoms with Gasteiger partial charge in [0, 0.05) is 25.7 Å². The number of anilines is 3. The molecule has 1 amide bonds. The van der Waals surface area contributed by atoms with Crippen LogP contribution >= 0.6 is 0 Å². The molecule has 7 nitrogen and oxygen atoms in total. The van der Waals surface area contributed by atoms with Crippen molar-refractivity contribution in [3.63, 3.8) is 0 Å². The molecule has 1 aliphatic heterocycles. The first-order valence-corrected chi connectivity index (χ1v) is 6.38. The number of nitrogens with zero attached hydrogens (tertiary/aromatic N) is 3. The van der Waals surface area contributed by atoms with Crippen LogP contribution in [0.1, 0.15) is 20.3 Å². The van der Waals surface area contributed by atoms with Gasteiger partial charge in [-0.2, -0.15) is 9.97 Å². The highest BCUT2D eigenvalue weighted by Gasteiger charge is 2.39. The average Bonchev–Trinajstić information content (AvgIpc) is 2.73. The average molecular weight is 264 g/mol. The van der Waals surface area contributed by atoms with Crippen LogP contribution in [0.3, 0.4) is 0 Å². The fourth-order valence-corrected chi connectivity index (χ4v) is 2.24. The summed E-state index contributed by atoms with van der Waals surface area (Å²) in [5.41, 5.74) is 10.6. The number of carbonyl (C=O) groups excluding carboxylic acids is 1. The van der Waals surface area contributed by atoms with E-state index in [-0.39, 0.29) is 11.9 Å². The summed E-state index contributed by atoms with van der Waals surface area (Å²) in [6, 6.07) is 1.84. The van der Waals surface area contributed by atoms with Gasteiger partial charge >= 0.3 is 0 Å². The zero-order valence-electron chi connectivity index (χ0n) is 11.3. The summed E-state index contributed by atoms with van der Waals surface area (Å²) in [6.45, 7) is 5.92. The standard InChI is InChI=1S/C12H20N6O/c1-3-15-8-6-9(17-11(14)16-8)18-5-4-12(2,7-18)10(13)19/h6H,3-5,7H2,1-2H3,(H2,13,19)(H3,14,15,16,17). The highest BCUT2D eigenvalue weighted by molar-refractivity contribution is 5.82. The van der Waals surface area contributed by atoms with Gasteiger partial charge < -0.3 is 21.7 Å². The second-order valence-electron chi connectivity index (χ2n) is 5.10. The molecule has 0 spiro atoms. The predicted octanol–water partition coefficient (Wildman–Crippen LogP) is 0.192. The third-order valence-corrected chi connectivity index (χ3v) is 3.48. The molecule has 1 fully saturated rings. The molecule has 19 heavy (non-hydrogen) atoms. The fourth-order valence-electron chi connectivity index (χ4n) is 2.24. The molecule has 5 N–H and O–H groups in total. The molecule has 0 radical (unpaired) electrons. The number of nitrogens with two attached hydrogens (primary N) is 2. The Balaban J connectivity index is 2.21. The summed E-state index contributed by atoms with van der Waals surface area (Å²) in [5, 5.41) is 3.11. The summed E-state index contributed by atoms with van der Waals surface area (Å²) < 4.78 is 0. The van der Waals surface area contributed by atoms with Gasteiger partial charge in [0.2, 0.25) is 11.9 Å². The SMILES string of the molecule is CCNc1cc(N2CCC(C)(C(N)=O)C2)nc(N)n1. The fraction of sp³-hybridized carbons (Fsp3) is 0.583. The Hall–Kier alpha value is -2.05. The van der Waals surface area contributed by atoms with E-state index in [1.807, 2.05) is 24.8 Å². The van der Waals surface area contributed by atoms with E-state index in [0.29, 0.717) is 12.4 Å². The predicted molar refractivity (Wildman–Crippen MR) is 74.7 cm³/mol. The lowest BCUT2D eigenvalue weighted by Gasteiger charge is -2.22. The quantitative estimate of drug-likeness (QED) is 0.716. The number of nitrogens with one attached hydrogen (secondary N) is 1. The number of carbonyl (C=O) groups is 1. The Morgan fingerprint density at radius 1 is 1.58 bits per heavy atom. The van der Waals surface area contributed by atoms with Crippen molar-refractivity contribution in [2.24, 2.45) is 11.1 Å². The minimum absolute atomic E-state index is 0.223. The maximum absolute atomic E-state index is 11.5. The van der Waals surface area contributed by atoms with E-state index in [1.54, 1.807) is 0 Å². The van der Waals surface area contributed by atoms with Crippen LogP contribution in [0.2, 0.25) is 0 Å². The molecule has 7 heteroatoms. The van der Waals surface area contributed by atoms with E-state index >= 15 is 0 Å². The van der Waals surface area contributed by atoms with Gasteiger partial charge in [-0.3, -0.25) is 4.79 Å². The molecule has 0 saturated carbocycles. The molecule has 1 aromatic heterocycles. The van der Waals surface area contributed by atoms with Crippen molar-refractivity contribution >= 4 is 23.5 Å². The van der Waals surface area contributed by atoms with E-state index < -0.39 is 5.41 Å². The first-order valence-electron chi connectivity index (χ1n) is 6.38. The van der Waals surface area contributed by atoms with E-state index in [1.165, 1.54) is 0 Å². The third kappa shape index (κ3) is 2.69. The van der Waals surface area contributed by atoms with E-state index in [9.17, 15) is 4.79 Å². The zero-order chi connectivity index (χ0) is 14.0.